The van der Waals surface area contributed by atoms with E-state index in [4.69, 9.17) is 0 Å². The number of aryl methyl sites for hydroxylation is 1. The summed E-state index contributed by atoms with van der Waals surface area (Å²) in [6.07, 6.45) is 7.58. The van der Waals surface area contributed by atoms with Crippen molar-refractivity contribution in [3.63, 3.8) is 0 Å². The van der Waals surface area contributed by atoms with E-state index in [1.165, 1.54) is 5.57 Å². The third-order valence-corrected chi connectivity index (χ3v) is 3.13. The number of aromatic nitrogens is 2. The SMILES string of the molecule is C=CN/C=C(\C=C(C)C)c1ccc2[nH]c(C)nc2c1C=C. The highest BCUT2D eigenvalue weighted by molar-refractivity contribution is 5.93. The fraction of sp³-hybridized carbons (Fsp3) is 0.167. The van der Waals surface area contributed by atoms with E-state index in [-0.39, 0.29) is 0 Å². The van der Waals surface area contributed by atoms with Gasteiger partial charge in [-0.05, 0) is 44.2 Å². The van der Waals surface area contributed by atoms with Crippen molar-refractivity contribution in [2.24, 2.45) is 0 Å². The number of H-pyrrole nitrogens is 1. The van der Waals surface area contributed by atoms with E-state index in [0.29, 0.717) is 0 Å². The first-order valence-corrected chi connectivity index (χ1v) is 6.91. The number of hydrogen-bond donors (Lipinski definition) is 2. The average Bonchev–Trinajstić information content (AvgIpc) is 2.82. The molecular weight excluding hydrogens is 258 g/mol. The molecule has 2 N–H and O–H groups in total. The molecule has 2 aromatic rings. The van der Waals surface area contributed by atoms with E-state index in [1.807, 2.05) is 19.2 Å². The van der Waals surface area contributed by atoms with Crippen LogP contribution in [-0.2, 0) is 0 Å². The number of hydrogen-bond acceptors (Lipinski definition) is 2. The van der Waals surface area contributed by atoms with Crippen LogP contribution in [0.3, 0.4) is 0 Å². The number of allylic oxidation sites excluding steroid dienone is 3. The number of nitrogens with zero attached hydrogens (tertiary/aromatic N) is 1. The Bertz CT molecular complexity index is 741. The molecule has 21 heavy (non-hydrogen) atoms. The van der Waals surface area contributed by atoms with Crippen LogP contribution in [0.4, 0.5) is 0 Å². The maximum absolute atomic E-state index is 4.57. The minimum atomic E-state index is 0.905. The fourth-order valence-corrected chi connectivity index (χ4v) is 2.34. The van der Waals surface area contributed by atoms with Gasteiger partial charge in [-0.3, -0.25) is 0 Å². The quantitative estimate of drug-likeness (QED) is 0.788. The standard InChI is InChI=1S/C18H21N3/c1-6-15-16(14(10-12(3)4)11-19-7-2)8-9-17-18(15)21-13(5)20-17/h6-11,19H,1-2H2,3-5H3,(H,20,21)/b14-11+. The zero-order valence-corrected chi connectivity index (χ0v) is 12.8. The van der Waals surface area contributed by atoms with Crippen LogP contribution in [0.5, 0.6) is 0 Å². The second-order valence-electron chi connectivity index (χ2n) is 5.14. The molecule has 1 heterocycles. The average molecular weight is 279 g/mol. The largest absolute Gasteiger partial charge is 0.368 e. The molecule has 0 fully saturated rings. The maximum atomic E-state index is 4.57. The molecule has 0 aliphatic heterocycles. The van der Waals surface area contributed by atoms with Crippen LogP contribution in [0.25, 0.3) is 22.7 Å². The van der Waals surface area contributed by atoms with Crippen LogP contribution in [0.1, 0.15) is 30.8 Å². The number of aromatic amines is 1. The van der Waals surface area contributed by atoms with Gasteiger partial charge in [-0.15, -0.1) is 0 Å². The molecule has 0 radical (unpaired) electrons. The molecule has 1 aromatic heterocycles. The van der Waals surface area contributed by atoms with Crippen molar-refractivity contribution in [1.82, 2.24) is 15.3 Å². The summed E-state index contributed by atoms with van der Waals surface area (Å²) in [5, 5.41) is 3.05. The van der Waals surface area contributed by atoms with Gasteiger partial charge in [-0.25, -0.2) is 4.98 Å². The van der Waals surface area contributed by atoms with Crippen molar-refractivity contribution < 1.29 is 0 Å². The minimum absolute atomic E-state index is 0.905. The molecule has 2 rings (SSSR count). The summed E-state index contributed by atoms with van der Waals surface area (Å²) in [4.78, 5) is 7.83. The van der Waals surface area contributed by atoms with Gasteiger partial charge in [0.05, 0.1) is 11.0 Å². The first-order chi connectivity index (χ1) is 10.1. The molecule has 0 atom stereocenters. The topological polar surface area (TPSA) is 40.7 Å². The highest BCUT2D eigenvalue weighted by Gasteiger charge is 2.11. The van der Waals surface area contributed by atoms with E-state index in [9.17, 15) is 0 Å². The molecule has 3 nitrogen and oxygen atoms in total. The molecule has 1 aromatic carbocycles. The van der Waals surface area contributed by atoms with Gasteiger partial charge in [0.1, 0.15) is 5.82 Å². The summed E-state index contributed by atoms with van der Waals surface area (Å²) in [7, 11) is 0. The number of rotatable bonds is 5. The molecule has 0 unspecified atom stereocenters. The fourth-order valence-electron chi connectivity index (χ4n) is 2.34. The Kier molecular flexibility index (Phi) is 4.43. The molecule has 0 saturated heterocycles. The monoisotopic (exact) mass is 279 g/mol. The summed E-state index contributed by atoms with van der Waals surface area (Å²) < 4.78 is 0. The van der Waals surface area contributed by atoms with Crippen molar-refractivity contribution >= 4 is 22.7 Å². The highest BCUT2D eigenvalue weighted by Crippen LogP contribution is 2.28. The van der Waals surface area contributed by atoms with Gasteiger partial charge in [0.25, 0.3) is 0 Å². The van der Waals surface area contributed by atoms with Gasteiger partial charge in [-0.2, -0.15) is 0 Å². The van der Waals surface area contributed by atoms with Gasteiger partial charge in [0, 0.05) is 11.8 Å². The Labute approximate surface area is 125 Å². The Morgan fingerprint density at radius 1 is 1.29 bits per heavy atom. The third-order valence-electron chi connectivity index (χ3n) is 3.13. The van der Waals surface area contributed by atoms with Crippen molar-refractivity contribution in [3.05, 3.63) is 66.3 Å². The van der Waals surface area contributed by atoms with Crippen LogP contribution in [0.15, 0.2) is 49.3 Å². The molecular formula is C18H21N3. The number of imidazole rings is 1. The second-order valence-corrected chi connectivity index (χ2v) is 5.14. The normalized spacial score (nSPS) is 11.3. The van der Waals surface area contributed by atoms with Gasteiger partial charge < -0.3 is 10.3 Å². The van der Waals surface area contributed by atoms with Gasteiger partial charge >= 0.3 is 0 Å². The molecule has 108 valence electrons. The lowest BCUT2D eigenvalue weighted by Gasteiger charge is -2.09. The molecule has 0 aliphatic carbocycles. The molecule has 0 spiro atoms. The maximum Gasteiger partial charge on any atom is 0.104 e. The Morgan fingerprint density at radius 3 is 2.67 bits per heavy atom. The minimum Gasteiger partial charge on any atom is -0.368 e. The zero-order valence-electron chi connectivity index (χ0n) is 12.8. The summed E-state index contributed by atoms with van der Waals surface area (Å²) in [5.74, 6) is 0.905. The van der Waals surface area contributed by atoms with E-state index in [0.717, 1.165) is 33.6 Å². The van der Waals surface area contributed by atoms with Crippen molar-refractivity contribution in [3.8, 4) is 0 Å². The Morgan fingerprint density at radius 2 is 2.05 bits per heavy atom. The molecule has 0 saturated carbocycles. The van der Waals surface area contributed by atoms with E-state index in [1.54, 1.807) is 6.20 Å². The van der Waals surface area contributed by atoms with Crippen LogP contribution in [0, 0.1) is 6.92 Å². The lowest BCUT2D eigenvalue weighted by atomic mass is 9.97. The van der Waals surface area contributed by atoms with E-state index in [2.05, 4.69) is 60.5 Å². The number of benzene rings is 1. The van der Waals surface area contributed by atoms with Crippen LogP contribution < -0.4 is 5.32 Å². The van der Waals surface area contributed by atoms with E-state index < -0.39 is 0 Å². The summed E-state index contributed by atoms with van der Waals surface area (Å²) in [6.45, 7) is 13.7. The van der Waals surface area contributed by atoms with Gasteiger partial charge in [0.2, 0.25) is 0 Å². The zero-order chi connectivity index (χ0) is 15.4. The molecule has 0 bridgehead atoms. The Hall–Kier alpha value is -2.55. The van der Waals surface area contributed by atoms with Crippen LogP contribution >= 0.6 is 0 Å². The number of nitrogens with one attached hydrogen (secondary N) is 2. The van der Waals surface area contributed by atoms with Gasteiger partial charge in [-0.1, -0.05) is 36.9 Å². The highest BCUT2D eigenvalue weighted by atomic mass is 14.9. The van der Waals surface area contributed by atoms with Crippen LogP contribution in [0.2, 0.25) is 0 Å². The smallest absolute Gasteiger partial charge is 0.104 e. The molecule has 0 amide bonds. The Balaban J connectivity index is 2.70. The van der Waals surface area contributed by atoms with Crippen molar-refractivity contribution in [2.45, 2.75) is 20.8 Å². The van der Waals surface area contributed by atoms with Crippen LogP contribution in [-0.4, -0.2) is 9.97 Å². The predicted molar refractivity (Wildman–Crippen MR) is 91.7 cm³/mol. The number of fused-ring (bicyclic) bond motifs is 1. The summed E-state index contributed by atoms with van der Waals surface area (Å²) >= 11 is 0. The first-order valence-electron chi connectivity index (χ1n) is 6.91. The summed E-state index contributed by atoms with van der Waals surface area (Å²) in [6, 6.07) is 4.14. The lowest BCUT2D eigenvalue weighted by Crippen LogP contribution is -1.96. The molecule has 3 heteroatoms. The van der Waals surface area contributed by atoms with E-state index >= 15 is 0 Å². The summed E-state index contributed by atoms with van der Waals surface area (Å²) in [5.41, 5.74) is 6.41. The van der Waals surface area contributed by atoms with Crippen molar-refractivity contribution in [1.29, 1.82) is 0 Å². The third kappa shape index (κ3) is 3.14. The van der Waals surface area contributed by atoms with Crippen molar-refractivity contribution in [2.75, 3.05) is 0 Å². The molecule has 0 aliphatic rings. The second kappa shape index (κ2) is 6.27. The lowest BCUT2D eigenvalue weighted by molar-refractivity contribution is 1.17. The predicted octanol–water partition coefficient (Wildman–Crippen LogP) is 4.55. The van der Waals surface area contributed by atoms with Gasteiger partial charge in [0.15, 0.2) is 0 Å². The first kappa shape index (κ1) is 14.9.